The maximum absolute atomic E-state index is 16.1. The van der Waals surface area contributed by atoms with Crippen LogP contribution in [-0.4, -0.2) is 17.5 Å². The van der Waals surface area contributed by atoms with E-state index in [-0.39, 0.29) is 11.3 Å². The SMILES string of the molecule is O=C(OP(c1ccccc1)(c1ccccc1)(c1ccccc1)C1CCCC1)OP(c1ccccc1)(c1ccccc1)(c1ccccc1)C1CCCC1. The molecule has 2 saturated carbocycles. The van der Waals surface area contributed by atoms with Crippen LogP contribution in [-0.2, 0) is 9.05 Å². The first-order valence-corrected chi connectivity index (χ1v) is 23.4. The Morgan fingerprint density at radius 1 is 0.346 bits per heavy atom. The normalized spacial score (nSPS) is 17.0. The summed E-state index contributed by atoms with van der Waals surface area (Å²) < 4.78 is 15.5. The molecule has 0 saturated heterocycles. The summed E-state index contributed by atoms with van der Waals surface area (Å²) in [5.41, 5.74) is 0.182. The Labute approximate surface area is 309 Å². The van der Waals surface area contributed by atoms with E-state index in [1.54, 1.807) is 0 Å². The van der Waals surface area contributed by atoms with Crippen LogP contribution in [0.15, 0.2) is 182 Å². The zero-order chi connectivity index (χ0) is 35.4. The summed E-state index contributed by atoms with van der Waals surface area (Å²) in [6, 6.07) is 64.0. The van der Waals surface area contributed by atoms with Crippen LogP contribution in [0.3, 0.4) is 0 Å². The molecule has 0 N–H and O–H groups in total. The fourth-order valence-electron chi connectivity index (χ4n) is 10.1. The molecular weight excluding hydrogens is 674 g/mol. The summed E-state index contributed by atoms with van der Waals surface area (Å²) >= 11 is 0. The van der Waals surface area contributed by atoms with E-state index in [9.17, 15) is 0 Å². The Morgan fingerprint density at radius 3 is 0.731 bits per heavy atom. The molecule has 52 heavy (non-hydrogen) atoms. The molecule has 6 aromatic carbocycles. The number of carbonyl (C=O) groups excluding carboxylic acids is 1. The van der Waals surface area contributed by atoms with Crippen molar-refractivity contribution in [2.24, 2.45) is 0 Å². The summed E-state index contributed by atoms with van der Waals surface area (Å²) in [4.78, 5) is 16.1. The molecule has 0 amide bonds. The van der Waals surface area contributed by atoms with E-state index in [1.807, 2.05) is 0 Å². The van der Waals surface area contributed by atoms with E-state index >= 15 is 4.79 Å². The molecule has 264 valence electrons. The van der Waals surface area contributed by atoms with E-state index < -0.39 is 19.8 Å². The van der Waals surface area contributed by atoms with Crippen molar-refractivity contribution in [3.8, 4) is 0 Å². The van der Waals surface area contributed by atoms with Crippen LogP contribution in [0, 0.1) is 0 Å². The van der Waals surface area contributed by atoms with Crippen molar-refractivity contribution in [2.75, 3.05) is 0 Å². The molecule has 8 rings (SSSR count). The molecule has 5 heteroatoms. The van der Waals surface area contributed by atoms with E-state index in [2.05, 4.69) is 182 Å². The fraction of sp³-hybridized carbons (Fsp3) is 0.213. The van der Waals surface area contributed by atoms with E-state index in [4.69, 9.17) is 9.05 Å². The van der Waals surface area contributed by atoms with Crippen molar-refractivity contribution < 1.29 is 13.8 Å². The van der Waals surface area contributed by atoms with Crippen molar-refractivity contribution in [3.05, 3.63) is 182 Å². The van der Waals surface area contributed by atoms with Gasteiger partial charge in [-0.05, 0) is 0 Å². The number of hydrogen-bond donors (Lipinski definition) is 0. The van der Waals surface area contributed by atoms with Crippen LogP contribution in [0.25, 0.3) is 0 Å². The Bertz CT molecular complexity index is 1730. The van der Waals surface area contributed by atoms with Gasteiger partial charge in [-0.15, -0.1) is 0 Å². The summed E-state index contributed by atoms with van der Waals surface area (Å²) in [7, 11) is 0. The van der Waals surface area contributed by atoms with Crippen molar-refractivity contribution in [1.29, 1.82) is 0 Å². The average Bonchev–Trinajstić information content (AvgIpc) is 3.99. The molecule has 0 unspecified atom stereocenters. The van der Waals surface area contributed by atoms with E-state index in [0.29, 0.717) is 0 Å². The zero-order valence-corrected chi connectivity index (χ0v) is 31.5. The van der Waals surface area contributed by atoms with Gasteiger partial charge in [-0.2, -0.15) is 0 Å². The summed E-state index contributed by atoms with van der Waals surface area (Å²) in [6.07, 6.45) is 7.64. The van der Waals surface area contributed by atoms with Crippen molar-refractivity contribution in [3.63, 3.8) is 0 Å². The van der Waals surface area contributed by atoms with Crippen LogP contribution >= 0.6 is 13.7 Å². The molecule has 6 aromatic rings. The Morgan fingerprint density at radius 2 is 0.538 bits per heavy atom. The van der Waals surface area contributed by atoms with Gasteiger partial charge in [0, 0.05) is 0 Å². The number of carbonyl (C=O) groups is 1. The third kappa shape index (κ3) is 5.04. The Kier molecular flexibility index (Phi) is 9.37. The minimum absolute atomic E-state index is 0.0911. The third-order valence-corrected chi connectivity index (χ3v) is 25.0. The van der Waals surface area contributed by atoms with Crippen molar-refractivity contribution in [1.82, 2.24) is 0 Å². The van der Waals surface area contributed by atoms with Gasteiger partial charge in [-0.25, -0.2) is 0 Å². The Balaban J connectivity index is 1.47. The monoisotopic (exact) mass is 722 g/mol. The van der Waals surface area contributed by atoms with Gasteiger partial charge in [0.1, 0.15) is 0 Å². The number of benzene rings is 6. The van der Waals surface area contributed by atoms with Gasteiger partial charge in [0.15, 0.2) is 0 Å². The van der Waals surface area contributed by atoms with Crippen LogP contribution in [0.1, 0.15) is 51.4 Å². The van der Waals surface area contributed by atoms with Gasteiger partial charge in [0.2, 0.25) is 0 Å². The molecule has 0 bridgehead atoms. The molecule has 2 aliphatic rings. The first kappa shape index (κ1) is 34.5. The molecule has 2 fully saturated rings. The zero-order valence-electron chi connectivity index (χ0n) is 29.8. The quantitative estimate of drug-likeness (QED) is 0.132. The van der Waals surface area contributed by atoms with Gasteiger partial charge in [-0.3, -0.25) is 0 Å². The van der Waals surface area contributed by atoms with Gasteiger partial charge in [-0.1, -0.05) is 0 Å². The summed E-state index contributed by atoms with van der Waals surface area (Å²) in [6.45, 7) is -8.16. The fourth-order valence-corrected chi connectivity index (χ4v) is 23.4. The molecule has 0 heterocycles. The molecule has 0 spiro atoms. The van der Waals surface area contributed by atoms with Gasteiger partial charge in [0.05, 0.1) is 0 Å². The Hall–Kier alpha value is -4.55. The second-order valence-corrected chi connectivity index (χ2v) is 23.9. The summed E-state index contributed by atoms with van der Waals surface area (Å²) in [5.74, 6) is 0. The van der Waals surface area contributed by atoms with Gasteiger partial charge >= 0.3 is 310 Å². The predicted molar refractivity (Wildman–Crippen MR) is 222 cm³/mol. The average molecular weight is 723 g/mol. The first-order chi connectivity index (χ1) is 25.6. The minimum atomic E-state index is -4.08. The molecule has 0 aromatic heterocycles. The molecule has 0 atom stereocenters. The molecule has 0 radical (unpaired) electrons. The molecule has 3 nitrogen and oxygen atoms in total. The standard InChI is InChI=1S/C47H48O3P2/c48-47(49-51(45-35-19-20-36-45,39-23-7-1-8-24-39,40-25-9-2-10-26-40)41-27-11-3-12-28-41)50-52(46-37-21-22-38-46,42-29-13-4-14-30-42,43-31-15-5-16-32-43)44-33-17-6-18-34-44/h1-18,23-34,45-46H,19-22,35-38H2. The third-order valence-electron chi connectivity index (χ3n) is 12.2. The second-order valence-electron chi connectivity index (χ2n) is 14.5. The summed E-state index contributed by atoms with van der Waals surface area (Å²) in [5, 5.41) is 6.39. The van der Waals surface area contributed by atoms with Crippen molar-refractivity contribution in [2.45, 2.75) is 62.7 Å². The predicted octanol–water partition coefficient (Wildman–Crippen LogP) is 9.91. The van der Waals surface area contributed by atoms with Crippen LogP contribution < -0.4 is 31.8 Å². The van der Waals surface area contributed by atoms with Gasteiger partial charge in [0.25, 0.3) is 0 Å². The molecular formula is C47H48O3P2. The topological polar surface area (TPSA) is 35.5 Å². The van der Waals surface area contributed by atoms with Crippen LogP contribution in [0.2, 0.25) is 0 Å². The number of hydrogen-bond acceptors (Lipinski definition) is 3. The molecule has 2 aliphatic carbocycles. The van der Waals surface area contributed by atoms with Crippen molar-refractivity contribution >= 4 is 51.6 Å². The van der Waals surface area contributed by atoms with Gasteiger partial charge < -0.3 is 0 Å². The van der Waals surface area contributed by atoms with E-state index in [0.717, 1.165) is 83.2 Å². The van der Waals surface area contributed by atoms with Crippen LogP contribution in [0.5, 0.6) is 0 Å². The maximum atomic E-state index is 16.1. The first-order valence-electron chi connectivity index (χ1n) is 18.9. The molecule has 0 aliphatic heterocycles. The number of rotatable bonds is 10. The second kappa shape index (κ2) is 14.1. The van der Waals surface area contributed by atoms with E-state index in [1.165, 1.54) is 0 Å². The van der Waals surface area contributed by atoms with Crippen LogP contribution in [0.4, 0.5) is 4.79 Å².